The molecule has 1 N–H and O–H groups in total. The molecule has 146 valence electrons. The number of aromatic nitrogens is 3. The molecule has 0 aliphatic rings. The lowest BCUT2D eigenvalue weighted by molar-refractivity contribution is -0.121. The number of carbonyl (C=O) groups excluding carboxylic acids is 1. The second-order valence-electron chi connectivity index (χ2n) is 6.62. The number of hydrogen-bond acceptors (Lipinski definition) is 5. The largest absolute Gasteiger partial charge is 0.378 e. The smallest absolute Gasteiger partial charge is 0.318 e. The number of anilines is 1. The molecular weight excluding hydrogens is 358 g/mol. The fraction of sp³-hybridized carbons (Fsp3) is 0.300. The van der Waals surface area contributed by atoms with E-state index in [0.29, 0.717) is 24.3 Å². The van der Waals surface area contributed by atoms with Crippen LogP contribution in [-0.4, -0.2) is 34.1 Å². The number of rotatable bonds is 6. The highest BCUT2D eigenvalue weighted by Crippen LogP contribution is 2.12. The Hall–Kier alpha value is -3.42. The van der Waals surface area contributed by atoms with E-state index in [1.165, 1.54) is 9.13 Å². The highest BCUT2D eigenvalue weighted by atomic mass is 16.2. The number of hydrogen-bond donors (Lipinski definition) is 1. The number of benzene rings is 1. The summed E-state index contributed by atoms with van der Waals surface area (Å²) >= 11 is 0. The van der Waals surface area contributed by atoms with E-state index in [9.17, 15) is 14.4 Å². The lowest BCUT2D eigenvalue weighted by atomic mass is 10.2. The highest BCUT2D eigenvalue weighted by molar-refractivity contribution is 5.78. The van der Waals surface area contributed by atoms with Crippen LogP contribution in [0.15, 0.2) is 52.2 Å². The van der Waals surface area contributed by atoms with Crippen molar-refractivity contribution in [2.24, 2.45) is 0 Å². The van der Waals surface area contributed by atoms with Crippen LogP contribution >= 0.6 is 0 Å². The molecule has 8 heteroatoms. The van der Waals surface area contributed by atoms with Crippen molar-refractivity contribution in [1.29, 1.82) is 0 Å². The topological polar surface area (TPSA) is 89.2 Å². The summed E-state index contributed by atoms with van der Waals surface area (Å²) in [4.78, 5) is 43.4. The molecule has 2 heterocycles. The van der Waals surface area contributed by atoms with E-state index in [2.05, 4.69) is 10.3 Å². The van der Waals surface area contributed by atoms with Crippen LogP contribution in [0, 0.1) is 0 Å². The zero-order valence-electron chi connectivity index (χ0n) is 16.2. The van der Waals surface area contributed by atoms with E-state index < -0.39 is 11.1 Å². The van der Waals surface area contributed by atoms with Crippen molar-refractivity contribution >= 4 is 22.8 Å². The van der Waals surface area contributed by atoms with Gasteiger partial charge < -0.3 is 10.2 Å². The van der Waals surface area contributed by atoms with E-state index in [-0.39, 0.29) is 12.5 Å². The SMILES string of the molecule is CCn1c(=O)c(=O)n(CC(=O)NCc2ccc(N(C)C)cc2)c2cccnc21. The Bertz CT molecular complexity index is 1110. The van der Waals surface area contributed by atoms with Gasteiger partial charge >= 0.3 is 11.1 Å². The van der Waals surface area contributed by atoms with Crippen molar-refractivity contribution in [1.82, 2.24) is 19.4 Å². The third-order valence-electron chi connectivity index (χ3n) is 4.55. The molecule has 3 aromatic rings. The third kappa shape index (κ3) is 3.80. The summed E-state index contributed by atoms with van der Waals surface area (Å²) in [6.07, 6.45) is 1.56. The maximum atomic E-state index is 12.5. The standard InChI is InChI=1S/C20H23N5O3/c1-4-24-18-16(6-5-11-21-18)25(20(28)19(24)27)13-17(26)22-12-14-7-9-15(10-8-14)23(2)3/h5-11H,4,12-13H2,1-3H3,(H,22,26). The molecule has 3 rings (SSSR count). The highest BCUT2D eigenvalue weighted by Gasteiger charge is 2.15. The molecule has 0 saturated carbocycles. The minimum atomic E-state index is -0.729. The fourth-order valence-corrected chi connectivity index (χ4v) is 3.01. The second kappa shape index (κ2) is 8.08. The number of fused-ring (bicyclic) bond motifs is 1. The number of nitrogens with zero attached hydrogens (tertiary/aromatic N) is 4. The van der Waals surface area contributed by atoms with Gasteiger partial charge in [0.05, 0.1) is 5.52 Å². The molecule has 0 aliphatic carbocycles. The molecule has 1 aromatic carbocycles. The van der Waals surface area contributed by atoms with E-state index in [0.717, 1.165) is 11.3 Å². The molecule has 0 saturated heterocycles. The Morgan fingerprint density at radius 1 is 1.07 bits per heavy atom. The van der Waals surface area contributed by atoms with Gasteiger partial charge in [0.15, 0.2) is 5.65 Å². The monoisotopic (exact) mass is 381 g/mol. The molecule has 28 heavy (non-hydrogen) atoms. The maximum absolute atomic E-state index is 12.5. The van der Waals surface area contributed by atoms with Crippen molar-refractivity contribution in [3.63, 3.8) is 0 Å². The van der Waals surface area contributed by atoms with Gasteiger partial charge in [-0.25, -0.2) is 4.98 Å². The summed E-state index contributed by atoms with van der Waals surface area (Å²) < 4.78 is 2.50. The van der Waals surface area contributed by atoms with Crippen molar-refractivity contribution in [3.8, 4) is 0 Å². The summed E-state index contributed by atoms with van der Waals surface area (Å²) in [7, 11) is 3.92. The van der Waals surface area contributed by atoms with Gasteiger partial charge in [-0.15, -0.1) is 0 Å². The Balaban J connectivity index is 1.81. The van der Waals surface area contributed by atoms with Crippen molar-refractivity contribution in [3.05, 3.63) is 68.9 Å². The van der Waals surface area contributed by atoms with E-state index in [1.54, 1.807) is 25.3 Å². The van der Waals surface area contributed by atoms with Crippen molar-refractivity contribution < 1.29 is 4.79 Å². The number of nitrogens with one attached hydrogen (secondary N) is 1. The summed E-state index contributed by atoms with van der Waals surface area (Å²) in [6.45, 7) is 2.20. The fourth-order valence-electron chi connectivity index (χ4n) is 3.01. The number of pyridine rings is 1. The number of aryl methyl sites for hydroxylation is 1. The predicted octanol–water partition coefficient (Wildman–Crippen LogP) is 0.961. The maximum Gasteiger partial charge on any atom is 0.318 e. The van der Waals surface area contributed by atoms with Crippen LogP contribution in [0.3, 0.4) is 0 Å². The van der Waals surface area contributed by atoms with Crippen LogP contribution in [0.25, 0.3) is 11.2 Å². The van der Waals surface area contributed by atoms with E-state index >= 15 is 0 Å². The number of carbonyl (C=O) groups is 1. The zero-order chi connectivity index (χ0) is 20.3. The first kappa shape index (κ1) is 19.3. The number of amides is 1. The average molecular weight is 381 g/mol. The van der Waals surface area contributed by atoms with Crippen LogP contribution in [0.1, 0.15) is 12.5 Å². The second-order valence-corrected chi connectivity index (χ2v) is 6.62. The lowest BCUT2D eigenvalue weighted by Gasteiger charge is -2.14. The normalized spacial score (nSPS) is 10.8. The molecule has 0 spiro atoms. The summed E-state index contributed by atoms with van der Waals surface area (Å²) in [5.74, 6) is -0.349. The molecule has 0 fully saturated rings. The van der Waals surface area contributed by atoms with E-state index in [4.69, 9.17) is 0 Å². The molecule has 0 radical (unpaired) electrons. The molecular formula is C20H23N5O3. The average Bonchev–Trinajstić information content (AvgIpc) is 2.70. The van der Waals surface area contributed by atoms with Gasteiger partial charge in [0.25, 0.3) is 0 Å². The minimum Gasteiger partial charge on any atom is -0.378 e. The van der Waals surface area contributed by atoms with Gasteiger partial charge in [-0.3, -0.25) is 23.5 Å². The van der Waals surface area contributed by atoms with Crippen LogP contribution in [0.4, 0.5) is 5.69 Å². The predicted molar refractivity (Wildman–Crippen MR) is 109 cm³/mol. The first-order valence-corrected chi connectivity index (χ1v) is 9.03. The van der Waals surface area contributed by atoms with Crippen molar-refractivity contribution in [2.45, 2.75) is 26.6 Å². The Labute approximate surface area is 162 Å². The minimum absolute atomic E-state index is 0.239. The Morgan fingerprint density at radius 3 is 2.39 bits per heavy atom. The summed E-state index contributed by atoms with van der Waals surface area (Å²) in [5, 5.41) is 2.79. The Kier molecular flexibility index (Phi) is 5.58. The lowest BCUT2D eigenvalue weighted by Crippen LogP contribution is -2.43. The molecule has 0 aliphatic heterocycles. The van der Waals surface area contributed by atoms with E-state index in [1.807, 2.05) is 43.3 Å². The first-order valence-electron chi connectivity index (χ1n) is 9.03. The quantitative estimate of drug-likeness (QED) is 0.643. The van der Waals surface area contributed by atoms with Gasteiger partial charge in [0.2, 0.25) is 5.91 Å². The summed E-state index contributed by atoms with van der Waals surface area (Å²) in [6, 6.07) is 11.2. The zero-order valence-corrected chi connectivity index (χ0v) is 16.2. The van der Waals surface area contributed by atoms with Gasteiger partial charge in [-0.1, -0.05) is 12.1 Å². The van der Waals surface area contributed by atoms with Crippen LogP contribution < -0.4 is 21.3 Å². The summed E-state index contributed by atoms with van der Waals surface area (Å²) in [5.41, 5.74) is 1.45. The van der Waals surface area contributed by atoms with Crippen LogP contribution in [0.5, 0.6) is 0 Å². The molecule has 0 bridgehead atoms. The molecule has 1 amide bonds. The third-order valence-corrected chi connectivity index (χ3v) is 4.55. The first-order chi connectivity index (χ1) is 13.4. The van der Waals surface area contributed by atoms with Crippen LogP contribution in [0.2, 0.25) is 0 Å². The molecule has 2 aromatic heterocycles. The Morgan fingerprint density at radius 2 is 1.75 bits per heavy atom. The van der Waals surface area contributed by atoms with Gasteiger partial charge in [0, 0.05) is 39.1 Å². The molecule has 8 nitrogen and oxygen atoms in total. The van der Waals surface area contributed by atoms with Crippen molar-refractivity contribution in [2.75, 3.05) is 19.0 Å². The van der Waals surface area contributed by atoms with Gasteiger partial charge in [0.1, 0.15) is 6.54 Å². The van der Waals surface area contributed by atoms with Gasteiger partial charge in [-0.05, 0) is 36.8 Å². The molecule has 0 unspecified atom stereocenters. The van der Waals surface area contributed by atoms with Gasteiger partial charge in [-0.2, -0.15) is 0 Å². The van der Waals surface area contributed by atoms with Crippen LogP contribution in [-0.2, 0) is 24.4 Å². The molecule has 0 atom stereocenters.